The minimum atomic E-state index is -0.581. The topological polar surface area (TPSA) is 199 Å². The summed E-state index contributed by atoms with van der Waals surface area (Å²) in [6.07, 6.45) is 8.02. The van der Waals surface area contributed by atoms with Crippen LogP contribution in [0.5, 0.6) is 0 Å². The van der Waals surface area contributed by atoms with Gasteiger partial charge in [0.1, 0.15) is 0 Å². The predicted molar refractivity (Wildman–Crippen MR) is 176 cm³/mol. The SMILES string of the molecule is CC(C)C[C@@H](CO)Nc1c(C(N)=O)cnn2cc(Br)cc12.CC(C)C[C@H](N)CO.NC(=O)c1cnn2cc(Br)cc2c1Cl. The van der Waals surface area contributed by atoms with Gasteiger partial charge >= 0.3 is 0 Å². The van der Waals surface area contributed by atoms with Gasteiger partial charge in [0, 0.05) is 33.4 Å². The molecular formula is C28H39Br2ClN8O4. The number of fused-ring (bicyclic) bond motifs is 2. The van der Waals surface area contributed by atoms with Crippen molar-refractivity contribution in [1.29, 1.82) is 0 Å². The Bertz CT molecular complexity index is 1530. The van der Waals surface area contributed by atoms with Gasteiger partial charge in [0.15, 0.2) is 0 Å². The van der Waals surface area contributed by atoms with Crippen LogP contribution in [0.1, 0.15) is 61.3 Å². The van der Waals surface area contributed by atoms with Gasteiger partial charge in [-0.2, -0.15) is 10.2 Å². The van der Waals surface area contributed by atoms with Crippen LogP contribution in [0.4, 0.5) is 5.69 Å². The molecule has 43 heavy (non-hydrogen) atoms. The molecule has 0 bridgehead atoms. The van der Waals surface area contributed by atoms with E-state index in [0.29, 0.717) is 33.6 Å². The van der Waals surface area contributed by atoms with Gasteiger partial charge in [-0.05, 0) is 68.7 Å². The van der Waals surface area contributed by atoms with Gasteiger partial charge < -0.3 is 32.7 Å². The molecule has 0 unspecified atom stereocenters. The van der Waals surface area contributed by atoms with Crippen molar-refractivity contribution in [3.63, 3.8) is 0 Å². The lowest BCUT2D eigenvalue weighted by molar-refractivity contribution is 0.0991. The summed E-state index contributed by atoms with van der Waals surface area (Å²) in [4.78, 5) is 22.6. The molecule has 236 valence electrons. The maximum atomic E-state index is 11.6. The van der Waals surface area contributed by atoms with Gasteiger partial charge in [-0.1, -0.05) is 39.3 Å². The quantitative estimate of drug-likeness (QED) is 0.139. The van der Waals surface area contributed by atoms with E-state index in [0.717, 1.165) is 27.3 Å². The Morgan fingerprint density at radius 2 is 1.37 bits per heavy atom. The number of aliphatic hydroxyl groups excluding tert-OH is 2. The molecule has 4 rings (SSSR count). The number of amides is 2. The molecule has 0 saturated heterocycles. The van der Waals surface area contributed by atoms with Crippen LogP contribution >= 0.6 is 43.5 Å². The van der Waals surface area contributed by atoms with Crippen LogP contribution in [0.25, 0.3) is 11.0 Å². The first-order valence-corrected chi connectivity index (χ1v) is 15.5. The van der Waals surface area contributed by atoms with Crippen molar-refractivity contribution in [1.82, 2.24) is 19.2 Å². The predicted octanol–water partition coefficient (Wildman–Crippen LogP) is 4.22. The summed E-state index contributed by atoms with van der Waals surface area (Å²) in [7, 11) is 0. The van der Waals surface area contributed by atoms with E-state index in [9.17, 15) is 14.7 Å². The highest BCUT2D eigenvalue weighted by molar-refractivity contribution is 9.10. The lowest BCUT2D eigenvalue weighted by atomic mass is 10.0. The summed E-state index contributed by atoms with van der Waals surface area (Å²) in [6.45, 7) is 8.43. The van der Waals surface area contributed by atoms with Crippen LogP contribution in [-0.4, -0.2) is 66.6 Å². The molecule has 0 radical (unpaired) electrons. The Kier molecular flexibility index (Phi) is 14.3. The highest BCUT2D eigenvalue weighted by Crippen LogP contribution is 2.27. The lowest BCUT2D eigenvalue weighted by Crippen LogP contribution is -2.28. The van der Waals surface area contributed by atoms with Crippen LogP contribution in [-0.2, 0) is 0 Å². The Balaban J connectivity index is 0.000000252. The maximum Gasteiger partial charge on any atom is 0.252 e. The summed E-state index contributed by atoms with van der Waals surface area (Å²) >= 11 is 12.6. The molecule has 0 spiro atoms. The van der Waals surface area contributed by atoms with E-state index in [1.165, 1.54) is 12.4 Å². The van der Waals surface area contributed by atoms with Gasteiger partial charge in [0.2, 0.25) is 0 Å². The summed E-state index contributed by atoms with van der Waals surface area (Å²) in [5.41, 5.74) is 18.5. The molecule has 0 aliphatic carbocycles. The molecule has 4 heterocycles. The number of carbonyl (C=O) groups excluding carboxylic acids is 2. The van der Waals surface area contributed by atoms with E-state index in [2.05, 4.69) is 75.1 Å². The fourth-order valence-corrected chi connectivity index (χ4v) is 5.27. The van der Waals surface area contributed by atoms with Crippen LogP contribution in [0.3, 0.4) is 0 Å². The van der Waals surface area contributed by atoms with Crippen molar-refractivity contribution in [2.75, 3.05) is 18.5 Å². The Hall–Kier alpha value is -2.75. The third-order valence-corrected chi connectivity index (χ3v) is 7.27. The molecule has 4 aromatic rings. The van der Waals surface area contributed by atoms with E-state index in [-0.39, 0.29) is 30.9 Å². The molecule has 15 heteroatoms. The molecule has 0 saturated carbocycles. The summed E-state index contributed by atoms with van der Waals surface area (Å²) < 4.78 is 4.92. The number of nitrogens with one attached hydrogen (secondary N) is 1. The van der Waals surface area contributed by atoms with Crippen LogP contribution in [0, 0.1) is 11.8 Å². The van der Waals surface area contributed by atoms with Crippen molar-refractivity contribution < 1.29 is 19.8 Å². The zero-order chi connectivity index (χ0) is 32.4. The van der Waals surface area contributed by atoms with Crippen LogP contribution in [0.2, 0.25) is 5.02 Å². The third-order valence-electron chi connectivity index (χ3n) is 6.01. The molecule has 2 amide bonds. The highest BCUT2D eigenvalue weighted by atomic mass is 79.9. The number of aromatic nitrogens is 4. The first kappa shape index (κ1) is 36.4. The van der Waals surface area contributed by atoms with Crippen molar-refractivity contribution in [2.45, 2.75) is 52.6 Å². The first-order chi connectivity index (χ1) is 20.2. The van der Waals surface area contributed by atoms with E-state index >= 15 is 0 Å². The summed E-state index contributed by atoms with van der Waals surface area (Å²) in [6, 6.07) is 3.45. The van der Waals surface area contributed by atoms with Gasteiger partial charge in [0.25, 0.3) is 11.8 Å². The number of nitrogens with zero attached hydrogens (tertiary/aromatic N) is 4. The average molecular weight is 747 g/mol. The van der Waals surface area contributed by atoms with E-state index in [1.807, 2.05) is 6.07 Å². The number of aliphatic hydroxyl groups is 2. The molecule has 2 atom stereocenters. The number of carbonyl (C=O) groups is 2. The van der Waals surface area contributed by atoms with Gasteiger partial charge in [-0.15, -0.1) is 0 Å². The maximum absolute atomic E-state index is 11.6. The van der Waals surface area contributed by atoms with Gasteiger partial charge in [-0.25, -0.2) is 9.03 Å². The minimum Gasteiger partial charge on any atom is -0.395 e. The molecule has 0 aromatic carbocycles. The summed E-state index contributed by atoms with van der Waals surface area (Å²) in [5.74, 6) is -0.117. The Morgan fingerprint density at radius 3 is 1.81 bits per heavy atom. The average Bonchev–Trinajstić information content (AvgIpc) is 3.50. The number of anilines is 1. The number of primary amides is 2. The number of rotatable bonds is 10. The minimum absolute atomic E-state index is 0.0185. The second-order valence-electron chi connectivity index (χ2n) is 10.7. The van der Waals surface area contributed by atoms with Crippen molar-refractivity contribution in [2.24, 2.45) is 29.0 Å². The second-order valence-corrected chi connectivity index (χ2v) is 12.9. The number of hydrogen-bond donors (Lipinski definition) is 6. The standard InChI is InChI=1S/C14H19BrN4O2.C8H5BrClN3O.C6H15NO/c1-8(2)3-10(7-20)18-13-11(14(16)21)5-17-19-6-9(15)4-12(13)19;9-4-1-6-7(10)5(8(11)14)2-12-13(6)3-4;1-5(2)3-6(7)4-8/h4-6,8,10,18,20H,3,7H2,1-2H3,(H2,16,21);1-3H,(H2,11,14);5-6,8H,3-4,7H2,1-2H3/t10-;;6-/m0.0/s1. The van der Waals surface area contributed by atoms with Crippen molar-refractivity contribution >= 4 is 72.0 Å². The fraction of sp³-hybridized carbons (Fsp3) is 0.429. The van der Waals surface area contributed by atoms with Gasteiger partial charge in [-0.3, -0.25) is 9.59 Å². The molecule has 9 N–H and O–H groups in total. The van der Waals surface area contributed by atoms with Crippen LogP contribution in [0.15, 0.2) is 45.9 Å². The van der Waals surface area contributed by atoms with E-state index in [4.69, 9.17) is 33.9 Å². The molecule has 0 fully saturated rings. The van der Waals surface area contributed by atoms with Crippen molar-refractivity contribution in [3.05, 3.63) is 62.0 Å². The molecule has 0 aliphatic rings. The highest BCUT2D eigenvalue weighted by Gasteiger charge is 2.18. The lowest BCUT2D eigenvalue weighted by Gasteiger charge is -2.21. The zero-order valence-electron chi connectivity index (χ0n) is 24.5. The smallest absolute Gasteiger partial charge is 0.252 e. The number of hydrogen-bond acceptors (Lipinski definition) is 8. The number of halogens is 3. The molecule has 4 aromatic heterocycles. The first-order valence-electron chi connectivity index (χ1n) is 13.5. The van der Waals surface area contributed by atoms with Crippen molar-refractivity contribution in [3.8, 4) is 0 Å². The Labute approximate surface area is 272 Å². The summed E-state index contributed by atoms with van der Waals surface area (Å²) in [5, 5.41) is 29.7. The normalized spacial score (nSPS) is 12.5. The molecular weight excluding hydrogens is 708 g/mol. The van der Waals surface area contributed by atoms with Crippen LogP contribution < -0.4 is 22.5 Å². The van der Waals surface area contributed by atoms with E-state index in [1.54, 1.807) is 27.5 Å². The largest absolute Gasteiger partial charge is 0.395 e. The number of nitrogens with two attached hydrogens (primary N) is 3. The molecule has 0 aliphatic heterocycles. The zero-order valence-corrected chi connectivity index (χ0v) is 28.4. The third kappa shape index (κ3) is 10.7. The monoisotopic (exact) mass is 744 g/mol. The molecule has 12 nitrogen and oxygen atoms in total. The van der Waals surface area contributed by atoms with E-state index < -0.39 is 11.8 Å². The van der Waals surface area contributed by atoms with Gasteiger partial charge in [0.05, 0.1) is 58.5 Å². The fourth-order valence-electron chi connectivity index (χ4n) is 4.16. The second kappa shape index (κ2) is 16.9. The Morgan fingerprint density at radius 1 is 0.884 bits per heavy atom.